The summed E-state index contributed by atoms with van der Waals surface area (Å²) in [7, 11) is 0. The Kier molecular flexibility index (Phi) is 3.48. The second-order valence-corrected chi connectivity index (χ2v) is 5.13. The van der Waals surface area contributed by atoms with E-state index in [1.807, 2.05) is 0 Å². The molecule has 2 heterocycles. The SMILES string of the molecule is OCc1c(C2CCCC2)nn(-c2ccncn2)c1Cl. The summed E-state index contributed by atoms with van der Waals surface area (Å²) in [4.78, 5) is 8.03. The molecule has 0 aromatic carbocycles. The lowest BCUT2D eigenvalue weighted by atomic mass is 10.0. The summed E-state index contributed by atoms with van der Waals surface area (Å²) in [5, 5.41) is 14.6. The number of rotatable bonds is 3. The van der Waals surface area contributed by atoms with Crippen LogP contribution in [0.4, 0.5) is 0 Å². The summed E-state index contributed by atoms with van der Waals surface area (Å²) in [6.07, 6.45) is 7.77. The quantitative estimate of drug-likeness (QED) is 0.937. The van der Waals surface area contributed by atoms with Gasteiger partial charge in [-0.15, -0.1) is 0 Å². The van der Waals surface area contributed by atoms with Crippen LogP contribution in [-0.2, 0) is 6.61 Å². The van der Waals surface area contributed by atoms with Gasteiger partial charge in [-0.1, -0.05) is 24.4 Å². The number of aliphatic hydroxyl groups excluding tert-OH is 1. The highest BCUT2D eigenvalue weighted by Crippen LogP contribution is 2.37. The topological polar surface area (TPSA) is 63.8 Å². The molecule has 1 N–H and O–H groups in total. The van der Waals surface area contributed by atoms with E-state index in [-0.39, 0.29) is 6.61 Å². The standard InChI is InChI=1S/C13H15ClN4O/c14-13-10(7-19)12(9-3-1-2-4-9)17-18(13)11-5-6-15-8-16-11/h5-6,8-9,19H,1-4,7H2. The molecule has 5 nitrogen and oxygen atoms in total. The maximum absolute atomic E-state index is 9.55. The molecule has 2 aromatic rings. The van der Waals surface area contributed by atoms with Crippen molar-refractivity contribution in [3.05, 3.63) is 35.0 Å². The molecule has 6 heteroatoms. The van der Waals surface area contributed by atoms with Gasteiger partial charge in [-0.25, -0.2) is 14.6 Å². The molecule has 0 atom stereocenters. The molecule has 3 rings (SSSR count). The number of nitrogens with zero attached hydrogens (tertiary/aromatic N) is 4. The van der Waals surface area contributed by atoms with Crippen LogP contribution < -0.4 is 0 Å². The highest BCUT2D eigenvalue weighted by molar-refractivity contribution is 6.30. The van der Waals surface area contributed by atoms with E-state index in [4.69, 9.17) is 11.6 Å². The lowest BCUT2D eigenvalue weighted by Crippen LogP contribution is -2.01. The molecule has 0 saturated heterocycles. The molecule has 1 aliphatic carbocycles. The molecule has 1 saturated carbocycles. The molecule has 2 aromatic heterocycles. The van der Waals surface area contributed by atoms with Crippen LogP contribution in [-0.4, -0.2) is 24.9 Å². The number of hydrogen-bond donors (Lipinski definition) is 1. The summed E-state index contributed by atoms with van der Waals surface area (Å²) in [6, 6.07) is 1.75. The van der Waals surface area contributed by atoms with Gasteiger partial charge in [0.15, 0.2) is 5.82 Å². The van der Waals surface area contributed by atoms with Crippen LogP contribution in [0.3, 0.4) is 0 Å². The normalized spacial score (nSPS) is 16.1. The van der Waals surface area contributed by atoms with Gasteiger partial charge in [-0.3, -0.25) is 0 Å². The zero-order chi connectivity index (χ0) is 13.2. The highest BCUT2D eigenvalue weighted by Gasteiger charge is 2.26. The van der Waals surface area contributed by atoms with Crippen LogP contribution in [0.5, 0.6) is 0 Å². The third kappa shape index (κ3) is 2.24. The van der Waals surface area contributed by atoms with E-state index < -0.39 is 0 Å². The summed E-state index contributed by atoms with van der Waals surface area (Å²) >= 11 is 6.32. The first kappa shape index (κ1) is 12.6. The fourth-order valence-electron chi connectivity index (χ4n) is 2.68. The van der Waals surface area contributed by atoms with Gasteiger partial charge in [0.1, 0.15) is 11.5 Å². The maximum Gasteiger partial charge on any atom is 0.158 e. The average Bonchev–Trinajstić information content (AvgIpc) is 3.07. The van der Waals surface area contributed by atoms with Crippen molar-refractivity contribution in [2.24, 2.45) is 0 Å². The Morgan fingerprint density at radius 1 is 1.37 bits per heavy atom. The number of halogens is 1. The molecule has 19 heavy (non-hydrogen) atoms. The van der Waals surface area contributed by atoms with Crippen LogP contribution >= 0.6 is 11.6 Å². The minimum Gasteiger partial charge on any atom is -0.391 e. The van der Waals surface area contributed by atoms with Crippen LogP contribution in [0.1, 0.15) is 42.9 Å². The molecule has 1 aliphatic rings. The summed E-state index contributed by atoms with van der Waals surface area (Å²) in [5.74, 6) is 1.03. The molecule has 0 unspecified atom stereocenters. The minimum absolute atomic E-state index is 0.0875. The number of aliphatic hydroxyl groups is 1. The Morgan fingerprint density at radius 2 is 2.16 bits per heavy atom. The molecule has 0 aliphatic heterocycles. The van der Waals surface area contributed by atoms with E-state index in [1.54, 1.807) is 16.9 Å². The first-order valence-electron chi connectivity index (χ1n) is 6.45. The van der Waals surface area contributed by atoms with Gasteiger partial charge in [-0.05, 0) is 12.8 Å². The molecular formula is C13H15ClN4O. The van der Waals surface area contributed by atoms with Crippen molar-refractivity contribution in [2.75, 3.05) is 0 Å². The van der Waals surface area contributed by atoms with Crippen molar-refractivity contribution in [3.63, 3.8) is 0 Å². The van der Waals surface area contributed by atoms with E-state index in [1.165, 1.54) is 19.2 Å². The lowest BCUT2D eigenvalue weighted by molar-refractivity contribution is 0.280. The zero-order valence-electron chi connectivity index (χ0n) is 10.5. The summed E-state index contributed by atoms with van der Waals surface area (Å²) < 4.78 is 1.59. The summed E-state index contributed by atoms with van der Waals surface area (Å²) in [5.41, 5.74) is 1.65. The number of aromatic nitrogens is 4. The van der Waals surface area contributed by atoms with E-state index in [2.05, 4.69) is 15.1 Å². The zero-order valence-corrected chi connectivity index (χ0v) is 11.2. The van der Waals surface area contributed by atoms with Crippen LogP contribution in [0, 0.1) is 0 Å². The van der Waals surface area contributed by atoms with Crippen molar-refractivity contribution < 1.29 is 5.11 Å². The molecule has 0 bridgehead atoms. The fourth-order valence-corrected chi connectivity index (χ4v) is 2.96. The summed E-state index contributed by atoms with van der Waals surface area (Å²) in [6.45, 7) is -0.0875. The van der Waals surface area contributed by atoms with Gasteiger partial charge in [-0.2, -0.15) is 5.10 Å². The molecule has 0 radical (unpaired) electrons. The lowest BCUT2D eigenvalue weighted by Gasteiger charge is -2.06. The Hall–Kier alpha value is -1.46. The van der Waals surface area contributed by atoms with Crippen molar-refractivity contribution >= 4 is 11.6 Å². The Morgan fingerprint density at radius 3 is 2.79 bits per heavy atom. The predicted octanol–water partition coefficient (Wildman–Crippen LogP) is 2.47. The van der Waals surface area contributed by atoms with Crippen LogP contribution in [0.25, 0.3) is 5.82 Å². The third-order valence-electron chi connectivity index (χ3n) is 3.64. The third-order valence-corrected chi connectivity index (χ3v) is 4.02. The molecule has 0 spiro atoms. The second-order valence-electron chi connectivity index (χ2n) is 4.77. The van der Waals surface area contributed by atoms with Crippen molar-refractivity contribution in [3.8, 4) is 5.82 Å². The smallest absolute Gasteiger partial charge is 0.158 e. The first-order chi connectivity index (χ1) is 9.31. The van der Waals surface area contributed by atoms with Crippen molar-refractivity contribution in [2.45, 2.75) is 38.2 Å². The Balaban J connectivity index is 2.07. The highest BCUT2D eigenvalue weighted by atomic mass is 35.5. The van der Waals surface area contributed by atoms with Crippen molar-refractivity contribution in [1.82, 2.24) is 19.7 Å². The molecule has 100 valence electrons. The maximum atomic E-state index is 9.55. The van der Waals surface area contributed by atoms with Crippen molar-refractivity contribution in [1.29, 1.82) is 0 Å². The van der Waals surface area contributed by atoms with Gasteiger partial charge in [0.25, 0.3) is 0 Å². The van der Waals surface area contributed by atoms with Gasteiger partial charge in [0, 0.05) is 23.7 Å². The fraction of sp³-hybridized carbons (Fsp3) is 0.462. The molecule has 0 amide bonds. The van der Waals surface area contributed by atoms with Crippen LogP contribution in [0.2, 0.25) is 5.15 Å². The average molecular weight is 279 g/mol. The minimum atomic E-state index is -0.0875. The Bertz CT molecular complexity index is 564. The van der Waals surface area contributed by atoms with Crippen LogP contribution in [0.15, 0.2) is 18.6 Å². The predicted molar refractivity (Wildman–Crippen MR) is 71.3 cm³/mol. The second kappa shape index (κ2) is 5.27. The van der Waals surface area contributed by atoms with Gasteiger partial charge < -0.3 is 5.11 Å². The molecular weight excluding hydrogens is 264 g/mol. The first-order valence-corrected chi connectivity index (χ1v) is 6.83. The van der Waals surface area contributed by atoms with Gasteiger partial charge in [0.05, 0.1) is 12.3 Å². The van der Waals surface area contributed by atoms with E-state index in [9.17, 15) is 5.11 Å². The van der Waals surface area contributed by atoms with E-state index >= 15 is 0 Å². The Labute approximate surface area is 116 Å². The molecule has 1 fully saturated rings. The van der Waals surface area contributed by atoms with Gasteiger partial charge >= 0.3 is 0 Å². The number of hydrogen-bond acceptors (Lipinski definition) is 4. The van der Waals surface area contributed by atoms with E-state index in [0.717, 1.165) is 24.1 Å². The van der Waals surface area contributed by atoms with Gasteiger partial charge in [0.2, 0.25) is 0 Å². The van der Waals surface area contributed by atoms with E-state index in [0.29, 0.717) is 16.9 Å². The monoisotopic (exact) mass is 278 g/mol. The largest absolute Gasteiger partial charge is 0.391 e.